The van der Waals surface area contributed by atoms with Crippen LogP contribution in [0.15, 0.2) is 12.1 Å². The van der Waals surface area contributed by atoms with Crippen LogP contribution in [0, 0.1) is 13.8 Å². The molecule has 1 aliphatic carbocycles. The van der Waals surface area contributed by atoms with Gasteiger partial charge >= 0.3 is 0 Å². The summed E-state index contributed by atoms with van der Waals surface area (Å²) in [7, 11) is 1.73. The zero-order chi connectivity index (χ0) is 12.4. The van der Waals surface area contributed by atoms with Crippen LogP contribution >= 0.6 is 11.6 Å². The lowest BCUT2D eigenvalue weighted by Gasteiger charge is -2.27. The predicted molar refractivity (Wildman–Crippen MR) is 73.3 cm³/mol. The van der Waals surface area contributed by atoms with Gasteiger partial charge < -0.3 is 4.74 Å². The van der Waals surface area contributed by atoms with E-state index in [2.05, 4.69) is 26.0 Å². The topological polar surface area (TPSA) is 9.23 Å². The highest BCUT2D eigenvalue weighted by Crippen LogP contribution is 2.38. The lowest BCUT2D eigenvalue weighted by molar-refractivity contribution is 0.409. The average Bonchev–Trinajstić information content (AvgIpc) is 2.31. The maximum atomic E-state index is 6.29. The Morgan fingerprint density at radius 1 is 1.18 bits per heavy atom. The van der Waals surface area contributed by atoms with E-state index in [9.17, 15) is 0 Å². The third kappa shape index (κ3) is 2.77. The van der Waals surface area contributed by atoms with Gasteiger partial charge in [0.1, 0.15) is 5.75 Å². The quantitative estimate of drug-likeness (QED) is 0.701. The zero-order valence-electron chi connectivity index (χ0n) is 10.9. The maximum Gasteiger partial charge on any atom is 0.122 e. The molecule has 1 fully saturated rings. The summed E-state index contributed by atoms with van der Waals surface area (Å²) >= 11 is 6.29. The van der Waals surface area contributed by atoms with Gasteiger partial charge in [-0.25, -0.2) is 0 Å². The van der Waals surface area contributed by atoms with Crippen molar-refractivity contribution < 1.29 is 4.74 Å². The normalized spacial score (nSPS) is 24.7. The summed E-state index contributed by atoms with van der Waals surface area (Å²) in [6.45, 7) is 4.29. The summed E-state index contributed by atoms with van der Waals surface area (Å²) in [6, 6.07) is 4.44. The fourth-order valence-corrected chi connectivity index (χ4v) is 3.25. The number of halogens is 1. The summed E-state index contributed by atoms with van der Waals surface area (Å²) in [5.74, 6) is 1.63. The van der Waals surface area contributed by atoms with E-state index >= 15 is 0 Å². The standard InChI is InChI=1S/C15H21ClO/c1-10-8-15(17-3)11(2)7-14(10)12-5-4-6-13(16)9-12/h7-8,12-13H,4-6,9H2,1-3H3. The Labute approximate surface area is 109 Å². The van der Waals surface area contributed by atoms with Gasteiger partial charge in [-0.15, -0.1) is 11.6 Å². The van der Waals surface area contributed by atoms with Crippen LogP contribution in [0.3, 0.4) is 0 Å². The molecule has 1 aliphatic rings. The Balaban J connectivity index is 2.28. The molecule has 1 nitrogen and oxygen atoms in total. The molecule has 1 aromatic rings. The summed E-state index contributed by atoms with van der Waals surface area (Å²) in [6.07, 6.45) is 4.82. The summed E-state index contributed by atoms with van der Waals surface area (Å²) in [5, 5.41) is 0.357. The van der Waals surface area contributed by atoms with E-state index in [0.717, 1.165) is 12.2 Å². The molecule has 17 heavy (non-hydrogen) atoms. The van der Waals surface area contributed by atoms with Gasteiger partial charge in [0.05, 0.1) is 7.11 Å². The van der Waals surface area contributed by atoms with Gasteiger partial charge in [-0.2, -0.15) is 0 Å². The molecule has 2 rings (SSSR count). The number of methoxy groups -OCH3 is 1. The van der Waals surface area contributed by atoms with Crippen LogP contribution < -0.4 is 4.74 Å². The molecule has 0 saturated heterocycles. The van der Waals surface area contributed by atoms with Crippen LogP contribution in [0.1, 0.15) is 48.3 Å². The molecule has 94 valence electrons. The van der Waals surface area contributed by atoms with E-state index in [1.165, 1.54) is 36.0 Å². The first-order valence-corrected chi connectivity index (χ1v) is 6.84. The highest BCUT2D eigenvalue weighted by Gasteiger charge is 2.23. The van der Waals surface area contributed by atoms with Crippen molar-refractivity contribution in [3.05, 3.63) is 28.8 Å². The first-order valence-electron chi connectivity index (χ1n) is 6.41. The van der Waals surface area contributed by atoms with Crippen LogP contribution in [-0.4, -0.2) is 12.5 Å². The molecule has 0 spiro atoms. The van der Waals surface area contributed by atoms with Crippen molar-refractivity contribution in [2.75, 3.05) is 7.11 Å². The van der Waals surface area contributed by atoms with Crippen molar-refractivity contribution in [3.8, 4) is 5.75 Å². The third-order valence-electron chi connectivity index (χ3n) is 3.83. The van der Waals surface area contributed by atoms with Gasteiger partial charge in [-0.05, 0) is 61.8 Å². The third-order valence-corrected chi connectivity index (χ3v) is 4.23. The van der Waals surface area contributed by atoms with Gasteiger partial charge in [-0.3, -0.25) is 0 Å². The minimum Gasteiger partial charge on any atom is -0.496 e. The number of hydrogen-bond acceptors (Lipinski definition) is 1. The van der Waals surface area contributed by atoms with Gasteiger partial charge in [0.25, 0.3) is 0 Å². The molecule has 0 amide bonds. The highest BCUT2D eigenvalue weighted by molar-refractivity contribution is 6.20. The maximum absolute atomic E-state index is 6.29. The summed E-state index contributed by atoms with van der Waals surface area (Å²) in [5.41, 5.74) is 4.03. The van der Waals surface area contributed by atoms with Gasteiger partial charge in [0, 0.05) is 5.38 Å². The van der Waals surface area contributed by atoms with Crippen LogP contribution in [0.4, 0.5) is 0 Å². The first-order chi connectivity index (χ1) is 8.11. The van der Waals surface area contributed by atoms with E-state index in [4.69, 9.17) is 16.3 Å². The molecular weight excluding hydrogens is 232 g/mol. The van der Waals surface area contributed by atoms with E-state index in [1.54, 1.807) is 7.11 Å². The SMILES string of the molecule is COc1cc(C)c(C2CCCC(Cl)C2)cc1C. The first kappa shape index (κ1) is 12.8. The lowest BCUT2D eigenvalue weighted by Crippen LogP contribution is -2.15. The van der Waals surface area contributed by atoms with E-state index in [0.29, 0.717) is 11.3 Å². The van der Waals surface area contributed by atoms with Crippen molar-refractivity contribution in [3.63, 3.8) is 0 Å². The molecule has 1 aromatic carbocycles. The fraction of sp³-hybridized carbons (Fsp3) is 0.600. The molecule has 1 saturated carbocycles. The Morgan fingerprint density at radius 3 is 2.59 bits per heavy atom. The predicted octanol–water partition coefficient (Wildman–Crippen LogP) is 4.58. The van der Waals surface area contributed by atoms with Crippen molar-refractivity contribution in [2.45, 2.75) is 50.8 Å². The van der Waals surface area contributed by atoms with E-state index in [-0.39, 0.29) is 0 Å². The summed E-state index contributed by atoms with van der Waals surface area (Å²) < 4.78 is 5.36. The fourth-order valence-electron chi connectivity index (χ4n) is 2.88. The van der Waals surface area contributed by atoms with Gasteiger partial charge in [0.15, 0.2) is 0 Å². The minimum atomic E-state index is 0.357. The Kier molecular flexibility index (Phi) is 3.98. The molecular formula is C15H21ClO. The number of hydrogen-bond donors (Lipinski definition) is 0. The molecule has 2 unspecified atom stereocenters. The van der Waals surface area contributed by atoms with Crippen molar-refractivity contribution in [1.82, 2.24) is 0 Å². The van der Waals surface area contributed by atoms with Crippen LogP contribution in [0.5, 0.6) is 5.75 Å². The van der Waals surface area contributed by atoms with Crippen molar-refractivity contribution in [2.24, 2.45) is 0 Å². The second-order valence-electron chi connectivity index (χ2n) is 5.14. The number of rotatable bonds is 2. The minimum absolute atomic E-state index is 0.357. The number of aryl methyl sites for hydroxylation is 2. The molecule has 0 aromatic heterocycles. The average molecular weight is 253 g/mol. The van der Waals surface area contributed by atoms with E-state index < -0.39 is 0 Å². The Hall–Kier alpha value is -0.690. The van der Waals surface area contributed by atoms with E-state index in [1.807, 2.05) is 0 Å². The second kappa shape index (κ2) is 5.30. The molecule has 0 radical (unpaired) electrons. The number of ether oxygens (including phenoxy) is 1. The molecule has 2 atom stereocenters. The lowest BCUT2D eigenvalue weighted by atomic mass is 9.81. The van der Waals surface area contributed by atoms with Gasteiger partial charge in [-0.1, -0.05) is 12.5 Å². The van der Waals surface area contributed by atoms with Crippen molar-refractivity contribution >= 4 is 11.6 Å². The van der Waals surface area contributed by atoms with Crippen LogP contribution in [0.2, 0.25) is 0 Å². The largest absolute Gasteiger partial charge is 0.496 e. The molecule has 0 bridgehead atoms. The second-order valence-corrected chi connectivity index (χ2v) is 5.76. The monoisotopic (exact) mass is 252 g/mol. The molecule has 2 heteroatoms. The smallest absolute Gasteiger partial charge is 0.122 e. The Morgan fingerprint density at radius 2 is 1.94 bits per heavy atom. The van der Waals surface area contributed by atoms with Crippen LogP contribution in [-0.2, 0) is 0 Å². The molecule has 0 N–H and O–H groups in total. The number of alkyl halides is 1. The molecule has 0 aliphatic heterocycles. The molecule has 0 heterocycles. The highest BCUT2D eigenvalue weighted by atomic mass is 35.5. The number of benzene rings is 1. The van der Waals surface area contributed by atoms with Gasteiger partial charge in [0.2, 0.25) is 0 Å². The zero-order valence-corrected chi connectivity index (χ0v) is 11.7. The summed E-state index contributed by atoms with van der Waals surface area (Å²) in [4.78, 5) is 0. The van der Waals surface area contributed by atoms with Crippen LogP contribution in [0.25, 0.3) is 0 Å². The van der Waals surface area contributed by atoms with Crippen molar-refractivity contribution in [1.29, 1.82) is 0 Å². The Bertz CT molecular complexity index is 400.